The van der Waals surface area contributed by atoms with Crippen LogP contribution >= 0.6 is 0 Å². The van der Waals surface area contributed by atoms with Gasteiger partial charge in [0, 0.05) is 0 Å². The molecule has 2 rings (SSSR count). The molecule has 0 amide bonds. The van der Waals surface area contributed by atoms with Crippen molar-refractivity contribution in [3.05, 3.63) is 54.1 Å². The predicted octanol–water partition coefficient (Wildman–Crippen LogP) is -1.04. The topological polar surface area (TPSA) is 103 Å². The maximum absolute atomic E-state index is 12.3. The van der Waals surface area contributed by atoms with Gasteiger partial charge in [-0.2, -0.15) is 0 Å². The molecule has 0 saturated heterocycles. The first-order chi connectivity index (χ1) is 10.2. The second kappa shape index (κ2) is 7.51. The summed E-state index contributed by atoms with van der Waals surface area (Å²) in [4.78, 5) is -0.419. The van der Waals surface area contributed by atoms with Crippen molar-refractivity contribution < 1.29 is 40.2 Å². The quantitative estimate of drug-likeness (QED) is 0.550. The monoisotopic (exact) mass is 347 g/mol. The molecule has 0 heterocycles. The third kappa shape index (κ3) is 5.09. The van der Waals surface area contributed by atoms with Crippen molar-refractivity contribution in [1.29, 1.82) is 0 Å². The normalized spacial score (nSPS) is 11.6. The van der Waals surface area contributed by atoms with Crippen molar-refractivity contribution in [2.75, 3.05) is 4.72 Å². The molecular weight excluding hydrogens is 333 g/mol. The molecule has 9 heteroatoms. The first kappa shape index (κ1) is 19.7. The van der Waals surface area contributed by atoms with Gasteiger partial charge < -0.3 is 4.55 Å². The molecule has 2 aromatic rings. The Morgan fingerprint density at radius 1 is 0.957 bits per heavy atom. The average molecular weight is 347 g/mol. The van der Waals surface area contributed by atoms with Gasteiger partial charge in [-0.1, -0.05) is 25.1 Å². The van der Waals surface area contributed by atoms with E-state index in [1.165, 1.54) is 24.3 Å². The number of hydrogen-bond donors (Lipinski definition) is 1. The molecule has 0 saturated carbocycles. The molecule has 0 spiro atoms. The molecule has 0 fully saturated rings. The zero-order valence-corrected chi connectivity index (χ0v) is 14.3. The van der Waals surface area contributed by atoms with Crippen molar-refractivity contribution in [3.63, 3.8) is 0 Å². The van der Waals surface area contributed by atoms with Crippen LogP contribution in [0.4, 0.5) is 5.69 Å². The van der Waals surface area contributed by atoms with Gasteiger partial charge in [-0.05, 0) is 42.3 Å². The fourth-order valence-electron chi connectivity index (χ4n) is 1.86. The summed E-state index contributed by atoms with van der Waals surface area (Å²) in [7, 11) is -8.50. The predicted molar refractivity (Wildman–Crippen MR) is 81.0 cm³/mol. The largest absolute Gasteiger partial charge is 1.00 e. The van der Waals surface area contributed by atoms with E-state index in [1.807, 2.05) is 13.0 Å². The maximum atomic E-state index is 12.3. The van der Waals surface area contributed by atoms with E-state index in [0.717, 1.165) is 17.7 Å². The van der Waals surface area contributed by atoms with Crippen molar-refractivity contribution in [1.82, 2.24) is 0 Å². The summed E-state index contributed by atoms with van der Waals surface area (Å²) in [6, 6.07) is 11.2. The minimum Gasteiger partial charge on any atom is -0.744 e. The number of rotatable bonds is 5. The summed E-state index contributed by atoms with van der Waals surface area (Å²) < 4.78 is 59.8. The molecule has 0 atom stereocenters. The minimum absolute atomic E-state index is 0. The standard InChI is InChI=1S/C14H15NO5S2.Li/c1-2-11-5-3-7-13(9-11)21(16,17)15-12-6-4-8-14(10-12)22(18,19)20;/h3-10,15H,2H2,1H3,(H,18,19,20);/q;+1/p-1. The van der Waals surface area contributed by atoms with Crippen LogP contribution in [0.25, 0.3) is 0 Å². The van der Waals surface area contributed by atoms with Crippen molar-refractivity contribution in [2.45, 2.75) is 23.1 Å². The van der Waals surface area contributed by atoms with E-state index >= 15 is 0 Å². The summed E-state index contributed by atoms with van der Waals surface area (Å²) >= 11 is 0. The summed E-state index contributed by atoms with van der Waals surface area (Å²) in [5.74, 6) is 0. The third-order valence-electron chi connectivity index (χ3n) is 2.99. The van der Waals surface area contributed by atoms with Crippen LogP contribution in [0.1, 0.15) is 12.5 Å². The Hall–Kier alpha value is -1.30. The van der Waals surface area contributed by atoms with Crippen LogP contribution in [0.2, 0.25) is 0 Å². The van der Waals surface area contributed by atoms with Gasteiger partial charge in [-0.25, -0.2) is 16.8 Å². The second-order valence-corrected chi connectivity index (χ2v) is 7.65. The molecular formula is C14H14LiNO5S2. The zero-order valence-electron chi connectivity index (χ0n) is 12.7. The van der Waals surface area contributed by atoms with Crippen LogP contribution in [0, 0.1) is 0 Å². The minimum atomic E-state index is -4.64. The number of benzene rings is 2. The van der Waals surface area contributed by atoms with Crippen LogP contribution in [-0.4, -0.2) is 21.4 Å². The Balaban J connectivity index is 0.00000264. The SMILES string of the molecule is CCc1cccc(S(=O)(=O)Nc2cccc(S(=O)(=O)[O-])c2)c1.[Li+]. The number of anilines is 1. The Morgan fingerprint density at radius 2 is 1.57 bits per heavy atom. The Labute approximate surface area is 147 Å². The van der Waals surface area contributed by atoms with E-state index < -0.39 is 25.0 Å². The second-order valence-electron chi connectivity index (χ2n) is 4.59. The van der Waals surface area contributed by atoms with Gasteiger partial charge in [0.1, 0.15) is 10.1 Å². The number of nitrogens with one attached hydrogen (secondary N) is 1. The van der Waals surface area contributed by atoms with Gasteiger partial charge in [-0.15, -0.1) is 0 Å². The van der Waals surface area contributed by atoms with E-state index in [4.69, 9.17) is 0 Å². The van der Waals surface area contributed by atoms with Gasteiger partial charge in [0.15, 0.2) is 0 Å². The van der Waals surface area contributed by atoms with Gasteiger partial charge in [0.05, 0.1) is 15.5 Å². The summed E-state index contributed by atoms with van der Waals surface area (Å²) in [6.45, 7) is 1.90. The molecule has 0 aliphatic carbocycles. The molecule has 2 aromatic carbocycles. The summed E-state index contributed by atoms with van der Waals surface area (Å²) in [6.07, 6.45) is 0.688. The summed E-state index contributed by atoms with van der Waals surface area (Å²) in [5.41, 5.74) is 0.873. The van der Waals surface area contributed by atoms with Gasteiger partial charge in [0.2, 0.25) is 0 Å². The first-order valence-electron chi connectivity index (χ1n) is 6.40. The molecule has 118 valence electrons. The molecule has 0 unspecified atom stereocenters. The summed E-state index contributed by atoms with van der Waals surface area (Å²) in [5, 5.41) is 0. The van der Waals surface area contributed by atoms with E-state index in [1.54, 1.807) is 6.07 Å². The van der Waals surface area contributed by atoms with E-state index in [2.05, 4.69) is 4.72 Å². The fourth-order valence-corrected chi connectivity index (χ4v) is 3.50. The number of hydrogen-bond acceptors (Lipinski definition) is 5. The number of sulfonamides is 1. The van der Waals surface area contributed by atoms with Crippen molar-refractivity contribution in [2.24, 2.45) is 0 Å². The van der Waals surface area contributed by atoms with Crippen molar-refractivity contribution in [3.8, 4) is 0 Å². The Bertz CT molecular complexity index is 895. The van der Waals surface area contributed by atoms with Gasteiger partial charge in [-0.3, -0.25) is 4.72 Å². The van der Waals surface area contributed by atoms with E-state index in [9.17, 15) is 21.4 Å². The van der Waals surface area contributed by atoms with Crippen LogP contribution in [0.3, 0.4) is 0 Å². The molecule has 0 bridgehead atoms. The smallest absolute Gasteiger partial charge is 0.744 e. The molecule has 0 radical (unpaired) electrons. The zero-order chi connectivity index (χ0) is 16.4. The molecule has 6 nitrogen and oxygen atoms in total. The van der Waals surface area contributed by atoms with Crippen molar-refractivity contribution >= 4 is 25.8 Å². The van der Waals surface area contributed by atoms with Gasteiger partial charge >= 0.3 is 18.9 Å². The Kier molecular flexibility index (Phi) is 6.45. The molecule has 23 heavy (non-hydrogen) atoms. The van der Waals surface area contributed by atoms with Crippen LogP contribution in [-0.2, 0) is 26.6 Å². The molecule has 0 aliphatic heterocycles. The first-order valence-corrected chi connectivity index (χ1v) is 9.29. The molecule has 0 aromatic heterocycles. The third-order valence-corrected chi connectivity index (χ3v) is 5.20. The van der Waals surface area contributed by atoms with Crippen LogP contribution in [0.5, 0.6) is 0 Å². The number of aryl methyl sites for hydroxylation is 1. The fraction of sp³-hybridized carbons (Fsp3) is 0.143. The van der Waals surface area contributed by atoms with Crippen LogP contribution in [0.15, 0.2) is 58.3 Å². The van der Waals surface area contributed by atoms with E-state index in [-0.39, 0.29) is 29.4 Å². The van der Waals surface area contributed by atoms with E-state index in [0.29, 0.717) is 6.42 Å². The van der Waals surface area contributed by atoms with Gasteiger partial charge in [0.25, 0.3) is 10.0 Å². The Morgan fingerprint density at radius 3 is 2.17 bits per heavy atom. The average Bonchev–Trinajstić information content (AvgIpc) is 2.46. The van der Waals surface area contributed by atoms with Crippen LogP contribution < -0.4 is 23.6 Å². The molecule has 1 N–H and O–H groups in total. The maximum Gasteiger partial charge on any atom is 1.00 e. The molecule has 0 aliphatic rings.